The van der Waals surface area contributed by atoms with E-state index in [0.717, 1.165) is 25.7 Å². The first kappa shape index (κ1) is 24.8. The Morgan fingerprint density at radius 2 is 1.80 bits per heavy atom. The molecule has 1 aromatic rings. The summed E-state index contributed by atoms with van der Waals surface area (Å²) in [6, 6.07) is 6.35. The van der Waals surface area contributed by atoms with E-state index in [2.05, 4.69) is 0 Å². The minimum absolute atomic E-state index is 0.0453. The van der Waals surface area contributed by atoms with Crippen LogP contribution in [-0.4, -0.2) is 76.6 Å². The summed E-state index contributed by atoms with van der Waals surface area (Å²) in [5.74, 6) is 0.414. The maximum Gasteiger partial charge on any atom is 0.253 e. The van der Waals surface area contributed by atoms with E-state index in [1.165, 1.54) is 4.31 Å². The van der Waals surface area contributed by atoms with E-state index in [4.69, 9.17) is 9.47 Å². The zero-order valence-corrected chi connectivity index (χ0v) is 19.3. The molecule has 170 valence electrons. The van der Waals surface area contributed by atoms with Crippen molar-refractivity contribution < 1.29 is 22.7 Å². The average Bonchev–Trinajstić information content (AvgIpc) is 2.77. The van der Waals surface area contributed by atoms with Crippen molar-refractivity contribution >= 4 is 15.9 Å². The number of piperidine rings is 1. The van der Waals surface area contributed by atoms with Crippen molar-refractivity contribution in [1.82, 2.24) is 9.21 Å². The first-order chi connectivity index (χ1) is 14.4. The predicted octanol–water partition coefficient (Wildman–Crippen LogP) is 3.01. The summed E-state index contributed by atoms with van der Waals surface area (Å²) in [5, 5.41) is 0. The second-order valence-electron chi connectivity index (χ2n) is 7.68. The maximum absolute atomic E-state index is 12.8. The lowest BCUT2D eigenvalue weighted by molar-refractivity contribution is 0.0327. The standard InChI is InChI=1S/C22H36N2O5S/c1-4-6-13-24(5-2)30(26,27)21-9-7-20(8-10-21)22(25)23-14-11-19(12-15-23)18-29-17-16-28-3/h7-10,19H,4-6,11-18H2,1-3H3. The van der Waals surface area contributed by atoms with Crippen LogP contribution in [0.5, 0.6) is 0 Å². The van der Waals surface area contributed by atoms with Crippen LogP contribution in [-0.2, 0) is 19.5 Å². The van der Waals surface area contributed by atoms with Gasteiger partial charge in [0.25, 0.3) is 5.91 Å². The van der Waals surface area contributed by atoms with E-state index in [0.29, 0.717) is 57.5 Å². The average molecular weight is 441 g/mol. The van der Waals surface area contributed by atoms with Gasteiger partial charge in [0.05, 0.1) is 18.1 Å². The van der Waals surface area contributed by atoms with Crippen LogP contribution in [0.2, 0.25) is 0 Å². The highest BCUT2D eigenvalue weighted by atomic mass is 32.2. The number of unbranched alkanes of at least 4 members (excludes halogenated alkanes) is 1. The van der Waals surface area contributed by atoms with Crippen LogP contribution in [0.3, 0.4) is 0 Å². The Bertz CT molecular complexity index is 743. The second kappa shape index (κ2) is 12.4. The van der Waals surface area contributed by atoms with Gasteiger partial charge in [-0.15, -0.1) is 0 Å². The number of benzene rings is 1. The third kappa shape index (κ3) is 6.77. The number of ether oxygens (including phenoxy) is 2. The molecule has 2 rings (SSSR count). The molecule has 30 heavy (non-hydrogen) atoms. The molecule has 0 atom stereocenters. The number of amides is 1. The van der Waals surface area contributed by atoms with Crippen molar-refractivity contribution in [3.63, 3.8) is 0 Å². The van der Waals surface area contributed by atoms with Crippen LogP contribution in [0, 0.1) is 5.92 Å². The molecule has 0 spiro atoms. The van der Waals surface area contributed by atoms with Gasteiger partial charge >= 0.3 is 0 Å². The molecular formula is C22H36N2O5S. The minimum atomic E-state index is -3.53. The quantitative estimate of drug-likeness (QED) is 0.467. The molecule has 0 aromatic heterocycles. The van der Waals surface area contributed by atoms with Gasteiger partial charge in [-0.25, -0.2) is 8.42 Å². The molecule has 1 heterocycles. The third-order valence-electron chi connectivity index (χ3n) is 5.54. The number of nitrogens with zero attached hydrogens (tertiary/aromatic N) is 2. The SMILES string of the molecule is CCCCN(CC)S(=O)(=O)c1ccc(C(=O)N2CCC(COCCOC)CC2)cc1. The smallest absolute Gasteiger partial charge is 0.253 e. The summed E-state index contributed by atoms with van der Waals surface area (Å²) in [6.07, 6.45) is 3.59. The first-order valence-corrected chi connectivity index (χ1v) is 12.3. The molecule has 1 saturated heterocycles. The van der Waals surface area contributed by atoms with Gasteiger partial charge in [0, 0.05) is 45.5 Å². The van der Waals surface area contributed by atoms with Crippen molar-refractivity contribution in [2.24, 2.45) is 5.92 Å². The molecular weight excluding hydrogens is 404 g/mol. The third-order valence-corrected chi connectivity index (χ3v) is 7.53. The number of likely N-dealkylation sites (tertiary alicyclic amines) is 1. The summed E-state index contributed by atoms with van der Waals surface area (Å²) in [4.78, 5) is 14.9. The lowest BCUT2D eigenvalue weighted by atomic mass is 9.97. The molecule has 1 aliphatic rings. The highest BCUT2D eigenvalue weighted by Gasteiger charge is 2.25. The molecule has 1 aliphatic heterocycles. The Kier molecular flexibility index (Phi) is 10.2. The summed E-state index contributed by atoms with van der Waals surface area (Å²) in [5.41, 5.74) is 0.528. The second-order valence-corrected chi connectivity index (χ2v) is 9.62. The number of hydrogen-bond donors (Lipinski definition) is 0. The predicted molar refractivity (Wildman–Crippen MR) is 117 cm³/mol. The summed E-state index contributed by atoms with van der Waals surface area (Å²) >= 11 is 0. The van der Waals surface area contributed by atoms with E-state index >= 15 is 0 Å². The number of hydrogen-bond acceptors (Lipinski definition) is 5. The molecule has 0 bridgehead atoms. The van der Waals surface area contributed by atoms with Gasteiger partial charge in [-0.3, -0.25) is 4.79 Å². The molecule has 1 amide bonds. The number of sulfonamides is 1. The number of rotatable bonds is 12. The Morgan fingerprint density at radius 3 is 2.37 bits per heavy atom. The van der Waals surface area contributed by atoms with E-state index in [9.17, 15) is 13.2 Å². The van der Waals surface area contributed by atoms with Gasteiger partial charge in [0.15, 0.2) is 0 Å². The van der Waals surface area contributed by atoms with Crippen LogP contribution in [0.1, 0.15) is 49.9 Å². The molecule has 0 unspecified atom stereocenters. The monoisotopic (exact) mass is 440 g/mol. The van der Waals surface area contributed by atoms with Gasteiger partial charge < -0.3 is 14.4 Å². The van der Waals surface area contributed by atoms with Gasteiger partial charge in [-0.05, 0) is 49.4 Å². The number of carbonyl (C=O) groups is 1. The van der Waals surface area contributed by atoms with Crippen LogP contribution >= 0.6 is 0 Å². The van der Waals surface area contributed by atoms with Gasteiger partial charge in [-0.1, -0.05) is 20.3 Å². The van der Waals surface area contributed by atoms with Crippen LogP contribution in [0.25, 0.3) is 0 Å². The van der Waals surface area contributed by atoms with Crippen LogP contribution in [0.4, 0.5) is 0 Å². The fraction of sp³-hybridized carbons (Fsp3) is 0.682. The van der Waals surface area contributed by atoms with Crippen molar-refractivity contribution in [2.45, 2.75) is 44.4 Å². The lowest BCUT2D eigenvalue weighted by Crippen LogP contribution is -2.39. The van der Waals surface area contributed by atoms with Crippen molar-refractivity contribution in [2.75, 3.05) is 53.1 Å². The summed E-state index contributed by atoms with van der Waals surface area (Å²) in [6.45, 7) is 8.11. The first-order valence-electron chi connectivity index (χ1n) is 10.9. The zero-order valence-electron chi connectivity index (χ0n) is 18.5. The molecule has 1 aromatic carbocycles. The summed E-state index contributed by atoms with van der Waals surface area (Å²) in [7, 11) is -1.87. The van der Waals surface area contributed by atoms with Crippen molar-refractivity contribution in [3.8, 4) is 0 Å². The molecule has 0 saturated carbocycles. The van der Waals surface area contributed by atoms with E-state index in [1.54, 1.807) is 31.4 Å². The van der Waals surface area contributed by atoms with Gasteiger partial charge in [0.1, 0.15) is 0 Å². The van der Waals surface area contributed by atoms with E-state index in [1.807, 2.05) is 18.7 Å². The zero-order chi connectivity index (χ0) is 22.0. The van der Waals surface area contributed by atoms with Crippen LogP contribution in [0.15, 0.2) is 29.2 Å². The van der Waals surface area contributed by atoms with Crippen molar-refractivity contribution in [3.05, 3.63) is 29.8 Å². The minimum Gasteiger partial charge on any atom is -0.382 e. The number of carbonyl (C=O) groups excluding carboxylic acids is 1. The van der Waals surface area contributed by atoms with Crippen molar-refractivity contribution in [1.29, 1.82) is 0 Å². The summed E-state index contributed by atoms with van der Waals surface area (Å²) < 4.78 is 37.7. The van der Waals surface area contributed by atoms with Crippen LogP contribution < -0.4 is 0 Å². The molecule has 0 N–H and O–H groups in total. The van der Waals surface area contributed by atoms with Gasteiger partial charge in [0.2, 0.25) is 10.0 Å². The number of methoxy groups -OCH3 is 1. The normalized spacial score (nSPS) is 15.7. The highest BCUT2D eigenvalue weighted by molar-refractivity contribution is 7.89. The molecule has 1 fully saturated rings. The Balaban J connectivity index is 1.92. The Hall–Kier alpha value is -1.48. The maximum atomic E-state index is 12.8. The molecule has 8 heteroatoms. The fourth-order valence-electron chi connectivity index (χ4n) is 3.58. The Labute approximate surface area is 181 Å². The Morgan fingerprint density at radius 1 is 1.13 bits per heavy atom. The van der Waals surface area contributed by atoms with E-state index < -0.39 is 10.0 Å². The highest BCUT2D eigenvalue weighted by Crippen LogP contribution is 2.21. The lowest BCUT2D eigenvalue weighted by Gasteiger charge is -2.32. The molecule has 0 radical (unpaired) electrons. The molecule has 7 nitrogen and oxygen atoms in total. The fourth-order valence-corrected chi connectivity index (χ4v) is 5.07. The molecule has 0 aliphatic carbocycles. The topological polar surface area (TPSA) is 76.2 Å². The van der Waals surface area contributed by atoms with Gasteiger partial charge in [-0.2, -0.15) is 4.31 Å². The van der Waals surface area contributed by atoms with E-state index in [-0.39, 0.29) is 10.8 Å². The largest absolute Gasteiger partial charge is 0.382 e.